The summed E-state index contributed by atoms with van der Waals surface area (Å²) < 4.78 is 0. The third-order valence-corrected chi connectivity index (χ3v) is 3.22. The molecule has 0 aromatic rings. The molecule has 0 aliphatic carbocycles. The van der Waals surface area contributed by atoms with Crippen molar-refractivity contribution in [2.24, 2.45) is 0 Å². The first-order chi connectivity index (χ1) is 11.6. The van der Waals surface area contributed by atoms with Crippen molar-refractivity contribution in [2.45, 2.75) is 57.7 Å². The second-order valence-electron chi connectivity index (χ2n) is 5.36. The van der Waals surface area contributed by atoms with Crippen molar-refractivity contribution in [3.8, 4) is 0 Å². The smallest absolute Gasteiger partial charge is 0.303 e. The van der Waals surface area contributed by atoms with Crippen molar-refractivity contribution < 1.29 is 20.1 Å². The van der Waals surface area contributed by atoms with E-state index in [9.17, 15) is 15.0 Å². The fourth-order valence-corrected chi connectivity index (χ4v) is 1.77. The average Bonchev–Trinajstić information content (AvgIpc) is 2.57. The van der Waals surface area contributed by atoms with E-state index in [0.717, 1.165) is 12.8 Å². The molecule has 0 rings (SSSR count). The Morgan fingerprint density at radius 2 is 1.54 bits per heavy atom. The van der Waals surface area contributed by atoms with Gasteiger partial charge in [-0.05, 0) is 32.1 Å². The van der Waals surface area contributed by atoms with Crippen LogP contribution >= 0.6 is 0 Å². The molecule has 0 unspecified atom stereocenters. The Bertz CT molecular complexity index is 458. The first-order valence-corrected chi connectivity index (χ1v) is 8.45. The van der Waals surface area contributed by atoms with Gasteiger partial charge in [0.25, 0.3) is 0 Å². The van der Waals surface area contributed by atoms with Crippen molar-refractivity contribution in [1.29, 1.82) is 0 Å². The number of rotatable bonds is 13. The van der Waals surface area contributed by atoms with Crippen LogP contribution in [0.4, 0.5) is 0 Å². The van der Waals surface area contributed by atoms with E-state index in [1.54, 1.807) is 6.08 Å². The van der Waals surface area contributed by atoms with E-state index in [2.05, 4.69) is 0 Å². The average molecular weight is 334 g/mol. The second-order valence-corrected chi connectivity index (χ2v) is 5.36. The minimum Gasteiger partial charge on any atom is -0.481 e. The number of carboxylic acids is 1. The lowest BCUT2D eigenvalue weighted by Crippen LogP contribution is -2.22. The zero-order chi connectivity index (χ0) is 18.0. The van der Waals surface area contributed by atoms with Crippen molar-refractivity contribution in [3.05, 3.63) is 60.8 Å². The molecule has 0 heterocycles. The number of aliphatic hydroxyl groups excluding tert-OH is 2. The highest BCUT2D eigenvalue weighted by Gasteiger charge is 2.08. The lowest BCUT2D eigenvalue weighted by molar-refractivity contribution is -0.137. The standard InChI is InChI=1S/C20H30O4/c1-2-18(21)19(22)16-14-12-10-8-6-4-3-5-7-9-11-13-15-17-20(23)24/h3-6,8-11,14,16,18-19,21-22H,2,7,12-13,15,17H2,1H3,(H,23,24)/b5-3-,6-4-,10-8+,11-9-,16-14+/t18-,19+/m1/s1. The Kier molecular flexibility index (Phi) is 14.7. The van der Waals surface area contributed by atoms with Gasteiger partial charge in [0.05, 0.1) is 12.2 Å². The van der Waals surface area contributed by atoms with Crippen LogP contribution in [0.2, 0.25) is 0 Å². The lowest BCUT2D eigenvalue weighted by Gasteiger charge is -2.10. The van der Waals surface area contributed by atoms with Crippen LogP contribution in [0.3, 0.4) is 0 Å². The molecule has 0 radical (unpaired) electrons. The molecule has 2 atom stereocenters. The number of hydrogen-bond donors (Lipinski definition) is 3. The molecule has 24 heavy (non-hydrogen) atoms. The fourth-order valence-electron chi connectivity index (χ4n) is 1.77. The summed E-state index contributed by atoms with van der Waals surface area (Å²) in [4.78, 5) is 10.3. The van der Waals surface area contributed by atoms with Gasteiger partial charge < -0.3 is 15.3 Å². The molecule has 0 bridgehead atoms. The minimum absolute atomic E-state index is 0.225. The molecular weight excluding hydrogens is 304 g/mol. The molecule has 4 nitrogen and oxygen atoms in total. The van der Waals surface area contributed by atoms with E-state index in [-0.39, 0.29) is 6.42 Å². The van der Waals surface area contributed by atoms with Gasteiger partial charge in [-0.15, -0.1) is 0 Å². The zero-order valence-electron chi connectivity index (χ0n) is 14.4. The molecule has 0 aromatic carbocycles. The number of allylic oxidation sites excluding steroid dienone is 9. The van der Waals surface area contributed by atoms with Gasteiger partial charge >= 0.3 is 5.97 Å². The molecular formula is C20H30O4. The largest absolute Gasteiger partial charge is 0.481 e. The first kappa shape index (κ1) is 22.1. The van der Waals surface area contributed by atoms with Gasteiger partial charge in [0.15, 0.2) is 0 Å². The summed E-state index contributed by atoms with van der Waals surface area (Å²) in [5.41, 5.74) is 0. The highest BCUT2D eigenvalue weighted by molar-refractivity contribution is 5.66. The number of aliphatic hydroxyl groups is 2. The summed E-state index contributed by atoms with van der Waals surface area (Å²) in [5.74, 6) is -0.744. The third kappa shape index (κ3) is 15.0. The highest BCUT2D eigenvalue weighted by Crippen LogP contribution is 2.01. The van der Waals surface area contributed by atoms with Crippen molar-refractivity contribution in [3.63, 3.8) is 0 Å². The molecule has 3 N–H and O–H groups in total. The van der Waals surface area contributed by atoms with Crippen molar-refractivity contribution in [2.75, 3.05) is 0 Å². The monoisotopic (exact) mass is 334 g/mol. The van der Waals surface area contributed by atoms with E-state index in [4.69, 9.17) is 5.11 Å². The van der Waals surface area contributed by atoms with Crippen LogP contribution in [0, 0.1) is 0 Å². The maximum Gasteiger partial charge on any atom is 0.303 e. The van der Waals surface area contributed by atoms with E-state index in [0.29, 0.717) is 19.3 Å². The van der Waals surface area contributed by atoms with Crippen LogP contribution in [-0.2, 0) is 4.79 Å². The topological polar surface area (TPSA) is 77.8 Å². The van der Waals surface area contributed by atoms with E-state index >= 15 is 0 Å². The Morgan fingerprint density at radius 1 is 0.917 bits per heavy atom. The molecule has 0 aromatic heterocycles. The van der Waals surface area contributed by atoms with Crippen LogP contribution in [0.5, 0.6) is 0 Å². The number of aliphatic carboxylic acids is 1. The predicted molar refractivity (Wildman–Crippen MR) is 98.7 cm³/mol. The Balaban J connectivity index is 3.71. The quantitative estimate of drug-likeness (QED) is 0.271. The molecule has 0 saturated carbocycles. The predicted octanol–water partition coefficient (Wildman–Crippen LogP) is 3.93. The van der Waals surface area contributed by atoms with Crippen molar-refractivity contribution >= 4 is 5.97 Å². The maximum atomic E-state index is 10.3. The number of carboxylic acid groups (broad SMARTS) is 1. The lowest BCUT2D eigenvalue weighted by atomic mass is 10.1. The third-order valence-electron chi connectivity index (χ3n) is 3.22. The molecule has 0 amide bonds. The van der Waals surface area contributed by atoms with Gasteiger partial charge in [0.1, 0.15) is 0 Å². The van der Waals surface area contributed by atoms with Gasteiger partial charge in [0, 0.05) is 6.42 Å². The molecule has 0 saturated heterocycles. The summed E-state index contributed by atoms with van der Waals surface area (Å²) in [7, 11) is 0. The summed E-state index contributed by atoms with van der Waals surface area (Å²) in [5, 5.41) is 27.4. The SMILES string of the molecule is CC[C@@H](O)[C@@H](O)/C=C/C/C=C/C=C\C=C/C/C=C\CCCC(=O)O. The maximum absolute atomic E-state index is 10.3. The van der Waals surface area contributed by atoms with Crippen LogP contribution in [0.1, 0.15) is 45.4 Å². The number of unbranched alkanes of at least 4 members (excludes halogenated alkanes) is 1. The first-order valence-electron chi connectivity index (χ1n) is 8.45. The molecule has 134 valence electrons. The molecule has 4 heteroatoms. The number of carbonyl (C=O) groups is 1. The van der Waals surface area contributed by atoms with Crippen LogP contribution in [-0.4, -0.2) is 33.5 Å². The second kappa shape index (κ2) is 16.0. The van der Waals surface area contributed by atoms with Crippen LogP contribution < -0.4 is 0 Å². The molecule has 0 fully saturated rings. The van der Waals surface area contributed by atoms with Crippen molar-refractivity contribution in [1.82, 2.24) is 0 Å². The summed E-state index contributed by atoms with van der Waals surface area (Å²) in [6.07, 6.45) is 21.5. The van der Waals surface area contributed by atoms with Gasteiger partial charge in [-0.1, -0.05) is 67.7 Å². The summed E-state index contributed by atoms with van der Waals surface area (Å²) >= 11 is 0. The fraction of sp³-hybridized carbons (Fsp3) is 0.450. The van der Waals surface area contributed by atoms with Crippen LogP contribution in [0.25, 0.3) is 0 Å². The summed E-state index contributed by atoms with van der Waals surface area (Å²) in [6.45, 7) is 1.83. The van der Waals surface area contributed by atoms with Gasteiger partial charge in [-0.25, -0.2) is 0 Å². The Hall–Kier alpha value is -1.91. The Morgan fingerprint density at radius 3 is 2.12 bits per heavy atom. The Labute approximate surface area is 145 Å². The van der Waals surface area contributed by atoms with E-state index in [1.165, 1.54) is 0 Å². The van der Waals surface area contributed by atoms with Gasteiger partial charge in [0.2, 0.25) is 0 Å². The van der Waals surface area contributed by atoms with Gasteiger partial charge in [-0.3, -0.25) is 4.79 Å². The molecule has 0 spiro atoms. The molecule has 0 aliphatic heterocycles. The van der Waals surface area contributed by atoms with Gasteiger partial charge in [-0.2, -0.15) is 0 Å². The normalized spacial score (nSPS) is 15.5. The minimum atomic E-state index is -0.793. The number of hydrogen-bond acceptors (Lipinski definition) is 3. The van der Waals surface area contributed by atoms with E-state index in [1.807, 2.05) is 61.6 Å². The zero-order valence-corrected chi connectivity index (χ0v) is 14.4. The molecule has 0 aliphatic rings. The van der Waals surface area contributed by atoms with Crippen LogP contribution in [0.15, 0.2) is 60.8 Å². The van der Waals surface area contributed by atoms with E-state index < -0.39 is 18.2 Å². The highest BCUT2D eigenvalue weighted by atomic mass is 16.4. The summed E-state index contributed by atoms with van der Waals surface area (Å²) in [6, 6.07) is 0.